The molecule has 2 N–H and O–H groups in total. The Morgan fingerprint density at radius 3 is 2.44 bits per heavy atom. The highest BCUT2D eigenvalue weighted by Crippen LogP contribution is 2.14. The molecule has 1 rings (SSSR count). The number of nitrogens with one attached hydrogen (secondary N) is 2. The average Bonchev–Trinajstić information content (AvgIpc) is 2.59. The number of nitrogens with zero attached hydrogens (tertiary/aromatic N) is 1. The first-order valence-corrected chi connectivity index (χ1v) is 8.27. The Bertz CT molecular complexity index is 505. The molecule has 1 aromatic carbocycles. The Kier molecular flexibility index (Phi) is 14.4. The Morgan fingerprint density at radius 2 is 1.76 bits per heavy atom. The van der Waals surface area contributed by atoms with E-state index >= 15 is 0 Å². The molecule has 0 aliphatic heterocycles. The van der Waals surface area contributed by atoms with E-state index in [2.05, 4.69) is 22.5 Å². The lowest BCUT2D eigenvalue weighted by atomic mass is 10.3. The van der Waals surface area contributed by atoms with Gasteiger partial charge in [0.15, 0.2) is 17.6 Å². The van der Waals surface area contributed by atoms with Crippen LogP contribution in [0.15, 0.2) is 23.2 Å². The van der Waals surface area contributed by atoms with Crippen molar-refractivity contribution in [2.24, 2.45) is 4.99 Å². The standard InChI is InChI=1S/C17H27F2N3O2.HI/c1-3-4-10-23-11-5-8-21-17(20-2)22-9-12-24-14-6-7-15(18)16(19)13-14;/h6-7,13H,3-5,8-12H2,1-2H3,(H2,20,21,22);1H. The summed E-state index contributed by atoms with van der Waals surface area (Å²) >= 11 is 0. The van der Waals surface area contributed by atoms with Gasteiger partial charge in [0, 0.05) is 32.9 Å². The van der Waals surface area contributed by atoms with Crippen molar-refractivity contribution in [3.8, 4) is 5.75 Å². The number of guanidine groups is 1. The fourth-order valence-electron chi connectivity index (χ4n) is 1.86. The summed E-state index contributed by atoms with van der Waals surface area (Å²) in [5.41, 5.74) is 0. The Morgan fingerprint density at radius 1 is 1.04 bits per heavy atom. The second-order valence-corrected chi connectivity index (χ2v) is 5.17. The summed E-state index contributed by atoms with van der Waals surface area (Å²) in [7, 11) is 1.68. The van der Waals surface area contributed by atoms with Crippen LogP contribution in [0.5, 0.6) is 5.75 Å². The highest BCUT2D eigenvalue weighted by atomic mass is 127. The summed E-state index contributed by atoms with van der Waals surface area (Å²) in [6, 6.07) is 3.46. The molecule has 0 fully saturated rings. The summed E-state index contributed by atoms with van der Waals surface area (Å²) in [5, 5.41) is 6.25. The van der Waals surface area contributed by atoms with Crippen LogP contribution in [-0.4, -0.2) is 45.9 Å². The first-order valence-electron chi connectivity index (χ1n) is 8.27. The zero-order valence-corrected chi connectivity index (χ0v) is 17.1. The number of rotatable bonds is 11. The number of hydrogen-bond acceptors (Lipinski definition) is 3. The first kappa shape index (κ1) is 23.8. The third kappa shape index (κ3) is 11.1. The normalized spacial score (nSPS) is 11.0. The van der Waals surface area contributed by atoms with Crippen LogP contribution in [0.25, 0.3) is 0 Å². The molecule has 5 nitrogen and oxygen atoms in total. The van der Waals surface area contributed by atoms with Gasteiger partial charge in [-0.2, -0.15) is 0 Å². The third-order valence-electron chi connectivity index (χ3n) is 3.18. The van der Waals surface area contributed by atoms with Gasteiger partial charge in [-0.25, -0.2) is 8.78 Å². The molecule has 0 amide bonds. The van der Waals surface area contributed by atoms with Gasteiger partial charge in [-0.3, -0.25) is 4.99 Å². The van der Waals surface area contributed by atoms with Crippen LogP contribution in [0.3, 0.4) is 0 Å². The van der Waals surface area contributed by atoms with Gasteiger partial charge in [0.2, 0.25) is 0 Å². The van der Waals surface area contributed by atoms with E-state index in [0.29, 0.717) is 24.9 Å². The molecule has 0 spiro atoms. The van der Waals surface area contributed by atoms with Gasteiger partial charge in [-0.1, -0.05) is 13.3 Å². The van der Waals surface area contributed by atoms with E-state index in [4.69, 9.17) is 9.47 Å². The number of hydrogen-bond donors (Lipinski definition) is 2. The fraction of sp³-hybridized carbons (Fsp3) is 0.588. The van der Waals surface area contributed by atoms with Crippen LogP contribution in [0.1, 0.15) is 26.2 Å². The monoisotopic (exact) mass is 471 g/mol. The van der Waals surface area contributed by atoms with Crippen LogP contribution in [0.4, 0.5) is 8.78 Å². The van der Waals surface area contributed by atoms with E-state index in [1.807, 2.05) is 0 Å². The van der Waals surface area contributed by atoms with Gasteiger partial charge in [-0.15, -0.1) is 24.0 Å². The predicted octanol–water partition coefficient (Wildman–Crippen LogP) is 3.33. The molecule has 1 aromatic rings. The van der Waals surface area contributed by atoms with Crippen molar-refractivity contribution >= 4 is 29.9 Å². The second kappa shape index (κ2) is 15.1. The summed E-state index contributed by atoms with van der Waals surface area (Å²) < 4.78 is 36.7. The van der Waals surface area contributed by atoms with Crippen molar-refractivity contribution in [3.05, 3.63) is 29.8 Å². The molecule has 8 heteroatoms. The number of benzene rings is 1. The molecule has 25 heavy (non-hydrogen) atoms. The van der Waals surface area contributed by atoms with Gasteiger partial charge >= 0.3 is 0 Å². The largest absolute Gasteiger partial charge is 0.492 e. The predicted molar refractivity (Wildman–Crippen MR) is 107 cm³/mol. The minimum absolute atomic E-state index is 0. The Hall–Kier alpha value is -1.16. The Labute approximate surface area is 165 Å². The first-order chi connectivity index (χ1) is 11.7. The van der Waals surface area contributed by atoms with Crippen molar-refractivity contribution < 1.29 is 18.3 Å². The minimum Gasteiger partial charge on any atom is -0.492 e. The maximum atomic E-state index is 13.0. The van der Waals surface area contributed by atoms with Crippen molar-refractivity contribution in [1.29, 1.82) is 0 Å². The van der Waals surface area contributed by atoms with E-state index in [9.17, 15) is 8.78 Å². The van der Waals surface area contributed by atoms with Gasteiger partial charge in [0.1, 0.15) is 12.4 Å². The molecule has 0 unspecified atom stereocenters. The van der Waals surface area contributed by atoms with Gasteiger partial charge in [0.25, 0.3) is 0 Å². The molecule has 0 saturated heterocycles. The van der Waals surface area contributed by atoms with Gasteiger partial charge in [-0.05, 0) is 25.0 Å². The van der Waals surface area contributed by atoms with Gasteiger partial charge in [0.05, 0.1) is 6.54 Å². The van der Waals surface area contributed by atoms with E-state index in [0.717, 1.165) is 51.2 Å². The number of halogens is 3. The minimum atomic E-state index is -0.918. The number of ether oxygens (including phenoxy) is 2. The molecule has 0 aliphatic rings. The smallest absolute Gasteiger partial charge is 0.191 e. The summed E-state index contributed by atoms with van der Waals surface area (Å²) in [4.78, 5) is 4.09. The fourth-order valence-corrected chi connectivity index (χ4v) is 1.86. The molecular weight excluding hydrogens is 443 g/mol. The van der Waals surface area contributed by atoms with E-state index < -0.39 is 11.6 Å². The molecule has 0 heterocycles. The third-order valence-corrected chi connectivity index (χ3v) is 3.18. The lowest BCUT2D eigenvalue weighted by molar-refractivity contribution is 0.129. The van der Waals surface area contributed by atoms with Crippen LogP contribution in [0.2, 0.25) is 0 Å². The SMILES string of the molecule is CCCCOCCCNC(=NC)NCCOc1ccc(F)c(F)c1.I. The zero-order chi connectivity index (χ0) is 17.6. The molecular formula is C17H28F2IN3O2. The average molecular weight is 471 g/mol. The highest BCUT2D eigenvalue weighted by molar-refractivity contribution is 14.0. The van der Waals surface area contributed by atoms with Crippen LogP contribution in [0, 0.1) is 11.6 Å². The van der Waals surface area contributed by atoms with E-state index in [1.165, 1.54) is 6.07 Å². The van der Waals surface area contributed by atoms with Crippen LogP contribution in [-0.2, 0) is 4.74 Å². The van der Waals surface area contributed by atoms with Crippen molar-refractivity contribution in [2.45, 2.75) is 26.2 Å². The lowest BCUT2D eigenvalue weighted by Crippen LogP contribution is -2.39. The van der Waals surface area contributed by atoms with E-state index in [1.54, 1.807) is 7.05 Å². The zero-order valence-electron chi connectivity index (χ0n) is 14.8. The molecule has 144 valence electrons. The maximum Gasteiger partial charge on any atom is 0.191 e. The number of unbranched alkanes of at least 4 members (excludes halogenated alkanes) is 1. The summed E-state index contributed by atoms with van der Waals surface area (Å²) in [6.45, 7) is 5.23. The highest BCUT2D eigenvalue weighted by Gasteiger charge is 2.03. The summed E-state index contributed by atoms with van der Waals surface area (Å²) in [6.07, 6.45) is 3.13. The quantitative estimate of drug-likeness (QED) is 0.225. The second-order valence-electron chi connectivity index (χ2n) is 5.17. The number of aliphatic imine (C=N–C) groups is 1. The topological polar surface area (TPSA) is 54.9 Å². The molecule has 0 radical (unpaired) electrons. The lowest BCUT2D eigenvalue weighted by Gasteiger charge is -2.12. The molecule has 0 atom stereocenters. The molecule has 0 aliphatic carbocycles. The van der Waals surface area contributed by atoms with Crippen LogP contribution < -0.4 is 15.4 Å². The molecule has 0 saturated carbocycles. The van der Waals surface area contributed by atoms with E-state index in [-0.39, 0.29) is 24.0 Å². The van der Waals surface area contributed by atoms with Gasteiger partial charge < -0.3 is 20.1 Å². The maximum absolute atomic E-state index is 13.0. The van der Waals surface area contributed by atoms with Crippen molar-refractivity contribution in [3.63, 3.8) is 0 Å². The Balaban J connectivity index is 0.00000576. The molecule has 0 aromatic heterocycles. The summed E-state index contributed by atoms with van der Waals surface area (Å²) in [5.74, 6) is -0.844. The van der Waals surface area contributed by atoms with Crippen LogP contribution >= 0.6 is 24.0 Å². The van der Waals surface area contributed by atoms with Crippen molar-refractivity contribution in [1.82, 2.24) is 10.6 Å². The van der Waals surface area contributed by atoms with Crippen molar-refractivity contribution in [2.75, 3.05) is 40.0 Å². The molecule has 0 bridgehead atoms.